The predicted octanol–water partition coefficient (Wildman–Crippen LogP) is 1.00. The van der Waals surface area contributed by atoms with Crippen LogP contribution in [0.3, 0.4) is 0 Å². The molecule has 84 valence electrons. The summed E-state index contributed by atoms with van der Waals surface area (Å²) in [6, 6.07) is 3.00. The third-order valence-corrected chi connectivity index (χ3v) is 2.29. The standard InChI is InChI=1S/C11H16FNO2/c1-7-3-11(15-2)8(5-10(7)12)4-9(14)6-13/h3,5,9,14H,4,6,13H2,1-2H3. The molecule has 0 radical (unpaired) electrons. The van der Waals surface area contributed by atoms with E-state index in [9.17, 15) is 9.50 Å². The van der Waals surface area contributed by atoms with Crippen LogP contribution < -0.4 is 10.5 Å². The van der Waals surface area contributed by atoms with Gasteiger partial charge in [-0.3, -0.25) is 0 Å². The minimum atomic E-state index is -0.666. The molecule has 0 aliphatic heterocycles. The molecule has 0 heterocycles. The average Bonchev–Trinajstić information content (AvgIpc) is 2.22. The van der Waals surface area contributed by atoms with E-state index in [1.807, 2.05) is 0 Å². The van der Waals surface area contributed by atoms with Crippen LogP contribution in [0.5, 0.6) is 5.75 Å². The summed E-state index contributed by atoms with van der Waals surface area (Å²) >= 11 is 0. The fourth-order valence-corrected chi connectivity index (χ4v) is 1.38. The summed E-state index contributed by atoms with van der Waals surface area (Å²) in [7, 11) is 1.52. The topological polar surface area (TPSA) is 55.5 Å². The van der Waals surface area contributed by atoms with Crippen LogP contribution in [0.25, 0.3) is 0 Å². The lowest BCUT2D eigenvalue weighted by Gasteiger charge is -2.13. The van der Waals surface area contributed by atoms with Crippen molar-refractivity contribution in [2.24, 2.45) is 5.73 Å². The molecule has 3 nitrogen and oxygen atoms in total. The first kappa shape index (κ1) is 11.9. The van der Waals surface area contributed by atoms with Crippen molar-refractivity contribution in [3.05, 3.63) is 29.1 Å². The smallest absolute Gasteiger partial charge is 0.126 e. The van der Waals surface area contributed by atoms with Gasteiger partial charge in [0.05, 0.1) is 13.2 Å². The highest BCUT2D eigenvalue weighted by Gasteiger charge is 2.11. The van der Waals surface area contributed by atoms with Crippen molar-refractivity contribution in [1.29, 1.82) is 0 Å². The highest BCUT2D eigenvalue weighted by Crippen LogP contribution is 2.23. The Kier molecular flexibility index (Phi) is 4.05. The summed E-state index contributed by atoms with van der Waals surface area (Å²) in [5, 5.41) is 9.39. The first-order valence-electron chi connectivity index (χ1n) is 4.79. The maximum atomic E-state index is 13.3. The van der Waals surface area contributed by atoms with Gasteiger partial charge >= 0.3 is 0 Å². The third kappa shape index (κ3) is 2.91. The van der Waals surface area contributed by atoms with Gasteiger partial charge in [-0.15, -0.1) is 0 Å². The lowest BCUT2D eigenvalue weighted by atomic mass is 10.0. The number of rotatable bonds is 4. The molecule has 15 heavy (non-hydrogen) atoms. The number of benzene rings is 1. The zero-order valence-corrected chi connectivity index (χ0v) is 8.96. The summed E-state index contributed by atoms with van der Waals surface area (Å²) in [6.45, 7) is 1.82. The predicted molar refractivity (Wildman–Crippen MR) is 56.5 cm³/mol. The Morgan fingerprint density at radius 2 is 2.20 bits per heavy atom. The van der Waals surface area contributed by atoms with Gasteiger partial charge in [0, 0.05) is 13.0 Å². The molecule has 0 fully saturated rings. The van der Waals surface area contributed by atoms with Crippen LogP contribution in [0.15, 0.2) is 12.1 Å². The van der Waals surface area contributed by atoms with Crippen molar-refractivity contribution in [3.8, 4) is 5.75 Å². The van der Waals surface area contributed by atoms with E-state index in [1.165, 1.54) is 13.2 Å². The van der Waals surface area contributed by atoms with Gasteiger partial charge in [0.1, 0.15) is 11.6 Å². The molecule has 0 bridgehead atoms. The molecule has 1 aromatic rings. The summed E-state index contributed by atoms with van der Waals surface area (Å²) in [5.74, 6) is 0.288. The fraction of sp³-hybridized carbons (Fsp3) is 0.455. The number of aliphatic hydroxyl groups is 1. The maximum absolute atomic E-state index is 13.3. The largest absolute Gasteiger partial charge is 0.496 e. The van der Waals surface area contributed by atoms with E-state index in [2.05, 4.69) is 0 Å². The van der Waals surface area contributed by atoms with E-state index in [-0.39, 0.29) is 12.4 Å². The van der Waals surface area contributed by atoms with Crippen molar-refractivity contribution in [3.63, 3.8) is 0 Å². The van der Waals surface area contributed by atoms with E-state index in [0.29, 0.717) is 23.3 Å². The Hall–Kier alpha value is -1.13. The normalized spacial score (nSPS) is 12.6. The van der Waals surface area contributed by atoms with Crippen LogP contribution >= 0.6 is 0 Å². The molecule has 3 N–H and O–H groups in total. The molecule has 0 saturated heterocycles. The molecule has 1 unspecified atom stereocenters. The number of aliphatic hydroxyl groups excluding tert-OH is 1. The number of ether oxygens (including phenoxy) is 1. The molecule has 0 aliphatic carbocycles. The van der Waals surface area contributed by atoms with Gasteiger partial charge < -0.3 is 15.6 Å². The zero-order valence-electron chi connectivity index (χ0n) is 8.96. The van der Waals surface area contributed by atoms with Crippen LogP contribution in [0.4, 0.5) is 4.39 Å². The highest BCUT2D eigenvalue weighted by molar-refractivity contribution is 5.38. The van der Waals surface area contributed by atoms with Crippen LogP contribution in [0, 0.1) is 12.7 Å². The Bertz CT molecular complexity index is 342. The number of aryl methyl sites for hydroxylation is 1. The van der Waals surface area contributed by atoms with Crippen molar-refractivity contribution >= 4 is 0 Å². The molecule has 4 heteroatoms. The third-order valence-electron chi connectivity index (χ3n) is 2.29. The lowest BCUT2D eigenvalue weighted by Crippen LogP contribution is -2.22. The van der Waals surface area contributed by atoms with Gasteiger partial charge in [-0.25, -0.2) is 4.39 Å². The molecule has 1 aromatic carbocycles. The lowest BCUT2D eigenvalue weighted by molar-refractivity contribution is 0.182. The van der Waals surface area contributed by atoms with Crippen LogP contribution in [-0.2, 0) is 6.42 Å². The molecule has 0 saturated carbocycles. The molecule has 0 spiro atoms. The van der Waals surface area contributed by atoms with Gasteiger partial charge in [0.25, 0.3) is 0 Å². The molecule has 0 aromatic heterocycles. The first-order valence-corrected chi connectivity index (χ1v) is 4.79. The van der Waals surface area contributed by atoms with E-state index in [0.717, 1.165) is 0 Å². The van der Waals surface area contributed by atoms with E-state index in [4.69, 9.17) is 10.5 Å². The summed E-state index contributed by atoms with van der Waals surface area (Å²) in [5.41, 5.74) is 6.46. The molecule has 1 atom stereocenters. The molecular weight excluding hydrogens is 197 g/mol. The van der Waals surface area contributed by atoms with Gasteiger partial charge in [0.15, 0.2) is 0 Å². The molecular formula is C11H16FNO2. The van der Waals surface area contributed by atoms with Crippen LogP contribution in [-0.4, -0.2) is 24.9 Å². The van der Waals surface area contributed by atoms with E-state index < -0.39 is 6.10 Å². The Balaban J connectivity index is 2.99. The number of methoxy groups -OCH3 is 1. The van der Waals surface area contributed by atoms with Gasteiger partial charge in [-0.05, 0) is 30.2 Å². The fourth-order valence-electron chi connectivity index (χ4n) is 1.38. The molecule has 0 amide bonds. The van der Waals surface area contributed by atoms with Crippen molar-refractivity contribution in [1.82, 2.24) is 0 Å². The van der Waals surface area contributed by atoms with Crippen molar-refractivity contribution in [2.45, 2.75) is 19.4 Å². The summed E-state index contributed by atoms with van der Waals surface area (Å²) in [6.07, 6.45) is -0.363. The van der Waals surface area contributed by atoms with Gasteiger partial charge in [0.2, 0.25) is 0 Å². The summed E-state index contributed by atoms with van der Waals surface area (Å²) in [4.78, 5) is 0. The SMILES string of the molecule is COc1cc(C)c(F)cc1CC(O)CN. The second-order valence-electron chi connectivity index (χ2n) is 3.51. The second-order valence-corrected chi connectivity index (χ2v) is 3.51. The van der Waals surface area contributed by atoms with Crippen LogP contribution in [0.2, 0.25) is 0 Å². The Morgan fingerprint density at radius 1 is 1.53 bits per heavy atom. The Labute approximate surface area is 88.7 Å². The monoisotopic (exact) mass is 213 g/mol. The average molecular weight is 213 g/mol. The first-order chi connectivity index (χ1) is 7.08. The van der Waals surface area contributed by atoms with Crippen LogP contribution in [0.1, 0.15) is 11.1 Å². The highest BCUT2D eigenvalue weighted by atomic mass is 19.1. The number of halogens is 1. The minimum Gasteiger partial charge on any atom is -0.496 e. The van der Waals surface area contributed by atoms with Gasteiger partial charge in [-0.2, -0.15) is 0 Å². The zero-order chi connectivity index (χ0) is 11.4. The van der Waals surface area contributed by atoms with Gasteiger partial charge in [-0.1, -0.05) is 0 Å². The minimum absolute atomic E-state index is 0.151. The number of nitrogens with two attached hydrogens (primary N) is 1. The Morgan fingerprint density at radius 3 is 2.73 bits per heavy atom. The van der Waals surface area contributed by atoms with Crippen molar-refractivity contribution < 1.29 is 14.2 Å². The molecule has 0 aliphatic rings. The number of hydrogen-bond donors (Lipinski definition) is 2. The second kappa shape index (κ2) is 5.09. The summed E-state index contributed by atoms with van der Waals surface area (Å²) < 4.78 is 18.4. The quantitative estimate of drug-likeness (QED) is 0.784. The maximum Gasteiger partial charge on any atom is 0.126 e. The van der Waals surface area contributed by atoms with E-state index >= 15 is 0 Å². The van der Waals surface area contributed by atoms with Crippen molar-refractivity contribution in [2.75, 3.05) is 13.7 Å². The number of hydrogen-bond acceptors (Lipinski definition) is 3. The molecule has 1 rings (SSSR count). The van der Waals surface area contributed by atoms with E-state index in [1.54, 1.807) is 13.0 Å².